The van der Waals surface area contributed by atoms with Gasteiger partial charge in [0.25, 0.3) is 11.8 Å². The Balaban J connectivity index is 1.44. The van der Waals surface area contributed by atoms with Crippen molar-refractivity contribution in [2.24, 2.45) is 0 Å². The van der Waals surface area contributed by atoms with Crippen molar-refractivity contribution in [1.82, 2.24) is 25.4 Å². The Kier molecular flexibility index (Phi) is 4.48. The standard InChI is InChI=1S/C18H13N5O2S/c24-17(14-11-19-8-9-20-14)21-10-13-6-7-15(26-13)18-22-16(23-25-18)12-4-2-1-3-5-12/h1-9,11H,10H2,(H,21,24). The van der Waals surface area contributed by atoms with Crippen LogP contribution in [-0.4, -0.2) is 26.0 Å². The van der Waals surface area contributed by atoms with Crippen molar-refractivity contribution in [3.8, 4) is 22.2 Å². The van der Waals surface area contributed by atoms with Crippen LogP contribution in [0.5, 0.6) is 0 Å². The molecule has 1 amide bonds. The Morgan fingerprint density at radius 3 is 2.81 bits per heavy atom. The van der Waals surface area contributed by atoms with E-state index in [0.29, 0.717) is 18.3 Å². The Morgan fingerprint density at radius 1 is 1.12 bits per heavy atom. The van der Waals surface area contributed by atoms with Crippen LogP contribution in [0.4, 0.5) is 0 Å². The average Bonchev–Trinajstić information content (AvgIpc) is 3.37. The molecular formula is C18H13N5O2S. The molecule has 0 atom stereocenters. The van der Waals surface area contributed by atoms with E-state index in [1.54, 1.807) is 0 Å². The van der Waals surface area contributed by atoms with Gasteiger partial charge in [-0.15, -0.1) is 11.3 Å². The molecule has 4 rings (SSSR count). The highest BCUT2D eigenvalue weighted by atomic mass is 32.1. The summed E-state index contributed by atoms with van der Waals surface area (Å²) in [5.74, 6) is 0.740. The predicted octanol–water partition coefficient (Wildman–Crippen LogP) is 3.19. The molecular weight excluding hydrogens is 350 g/mol. The SMILES string of the molecule is O=C(NCc1ccc(-c2nc(-c3ccccc3)no2)s1)c1cnccn1. The van der Waals surface area contributed by atoms with E-state index in [4.69, 9.17) is 4.52 Å². The van der Waals surface area contributed by atoms with E-state index >= 15 is 0 Å². The maximum absolute atomic E-state index is 12.0. The third-order valence-electron chi connectivity index (χ3n) is 3.55. The first kappa shape index (κ1) is 16.1. The van der Waals surface area contributed by atoms with Crippen molar-refractivity contribution in [2.45, 2.75) is 6.54 Å². The summed E-state index contributed by atoms with van der Waals surface area (Å²) in [5.41, 5.74) is 1.18. The second-order valence-corrected chi connectivity index (χ2v) is 6.50. The van der Waals surface area contributed by atoms with Crippen LogP contribution >= 0.6 is 11.3 Å². The molecule has 3 heterocycles. The van der Waals surface area contributed by atoms with Crippen LogP contribution in [0.1, 0.15) is 15.4 Å². The van der Waals surface area contributed by atoms with Gasteiger partial charge in [-0.3, -0.25) is 9.78 Å². The first-order valence-electron chi connectivity index (χ1n) is 7.82. The minimum Gasteiger partial charge on any atom is -0.346 e. The van der Waals surface area contributed by atoms with E-state index in [0.717, 1.165) is 15.3 Å². The van der Waals surface area contributed by atoms with Gasteiger partial charge in [0.15, 0.2) is 0 Å². The zero-order chi connectivity index (χ0) is 17.8. The highest BCUT2D eigenvalue weighted by Gasteiger charge is 2.13. The normalized spacial score (nSPS) is 10.6. The molecule has 8 heteroatoms. The van der Waals surface area contributed by atoms with E-state index in [9.17, 15) is 4.79 Å². The molecule has 0 spiro atoms. The molecule has 0 saturated carbocycles. The summed E-state index contributed by atoms with van der Waals surface area (Å²) in [7, 11) is 0. The molecule has 0 aliphatic carbocycles. The molecule has 0 radical (unpaired) electrons. The molecule has 0 aliphatic rings. The van der Waals surface area contributed by atoms with Gasteiger partial charge in [0.05, 0.1) is 17.6 Å². The number of carbonyl (C=O) groups excluding carboxylic acids is 1. The van der Waals surface area contributed by atoms with Gasteiger partial charge in [-0.25, -0.2) is 4.98 Å². The molecule has 0 saturated heterocycles. The summed E-state index contributed by atoms with van der Waals surface area (Å²) in [6, 6.07) is 13.5. The second kappa shape index (κ2) is 7.24. The number of aromatic nitrogens is 4. The third kappa shape index (κ3) is 3.50. The zero-order valence-electron chi connectivity index (χ0n) is 13.5. The smallest absolute Gasteiger partial charge is 0.271 e. The van der Waals surface area contributed by atoms with Crippen LogP contribution in [-0.2, 0) is 6.54 Å². The fraction of sp³-hybridized carbons (Fsp3) is 0.0556. The van der Waals surface area contributed by atoms with Crippen molar-refractivity contribution >= 4 is 17.2 Å². The van der Waals surface area contributed by atoms with Gasteiger partial charge in [-0.05, 0) is 12.1 Å². The maximum atomic E-state index is 12.0. The minimum atomic E-state index is -0.266. The number of thiophene rings is 1. The fourth-order valence-corrected chi connectivity index (χ4v) is 3.16. The lowest BCUT2D eigenvalue weighted by atomic mass is 10.2. The molecule has 3 aromatic heterocycles. The molecule has 128 valence electrons. The van der Waals surface area contributed by atoms with E-state index in [2.05, 4.69) is 25.4 Å². The quantitative estimate of drug-likeness (QED) is 0.585. The molecule has 0 bridgehead atoms. The largest absolute Gasteiger partial charge is 0.346 e. The van der Waals surface area contributed by atoms with Crippen LogP contribution in [0.25, 0.3) is 22.2 Å². The third-order valence-corrected chi connectivity index (χ3v) is 4.62. The lowest BCUT2D eigenvalue weighted by Gasteiger charge is -2.01. The van der Waals surface area contributed by atoms with Gasteiger partial charge < -0.3 is 9.84 Å². The number of hydrogen-bond acceptors (Lipinski definition) is 7. The van der Waals surface area contributed by atoms with Gasteiger partial charge in [0.1, 0.15) is 5.69 Å². The zero-order valence-corrected chi connectivity index (χ0v) is 14.3. The van der Waals surface area contributed by atoms with Gasteiger partial charge in [-0.1, -0.05) is 35.5 Å². The van der Waals surface area contributed by atoms with Crippen molar-refractivity contribution in [3.05, 3.63) is 71.6 Å². The number of amides is 1. The molecule has 4 aromatic rings. The predicted molar refractivity (Wildman–Crippen MR) is 96.2 cm³/mol. The van der Waals surface area contributed by atoms with Crippen LogP contribution in [0.15, 0.2) is 65.6 Å². The van der Waals surface area contributed by atoms with Crippen LogP contribution in [0.2, 0.25) is 0 Å². The maximum Gasteiger partial charge on any atom is 0.271 e. The van der Waals surface area contributed by atoms with E-state index in [1.165, 1.54) is 29.9 Å². The summed E-state index contributed by atoms with van der Waals surface area (Å²) in [4.78, 5) is 26.1. The van der Waals surface area contributed by atoms with Crippen LogP contribution < -0.4 is 5.32 Å². The Morgan fingerprint density at radius 2 is 2.00 bits per heavy atom. The molecule has 26 heavy (non-hydrogen) atoms. The second-order valence-electron chi connectivity index (χ2n) is 5.33. The Labute approximate surface area is 152 Å². The molecule has 7 nitrogen and oxygen atoms in total. The molecule has 1 aromatic carbocycles. The van der Waals surface area contributed by atoms with Crippen molar-refractivity contribution in [2.75, 3.05) is 0 Å². The van der Waals surface area contributed by atoms with Gasteiger partial charge in [0, 0.05) is 22.8 Å². The first-order chi connectivity index (χ1) is 12.8. The number of benzene rings is 1. The molecule has 0 fully saturated rings. The number of rotatable bonds is 5. The number of nitrogens with one attached hydrogen (secondary N) is 1. The summed E-state index contributed by atoms with van der Waals surface area (Å²) >= 11 is 1.48. The number of hydrogen-bond donors (Lipinski definition) is 1. The lowest BCUT2D eigenvalue weighted by molar-refractivity contribution is 0.0946. The van der Waals surface area contributed by atoms with Crippen molar-refractivity contribution < 1.29 is 9.32 Å². The number of carbonyl (C=O) groups is 1. The Bertz CT molecular complexity index is 1010. The van der Waals surface area contributed by atoms with E-state index in [1.807, 2.05) is 42.5 Å². The topological polar surface area (TPSA) is 93.8 Å². The van der Waals surface area contributed by atoms with E-state index in [-0.39, 0.29) is 11.6 Å². The van der Waals surface area contributed by atoms with Gasteiger partial charge >= 0.3 is 0 Å². The van der Waals surface area contributed by atoms with Crippen molar-refractivity contribution in [1.29, 1.82) is 0 Å². The summed E-state index contributed by atoms with van der Waals surface area (Å²) in [6.45, 7) is 0.389. The van der Waals surface area contributed by atoms with Gasteiger partial charge in [0.2, 0.25) is 5.82 Å². The van der Waals surface area contributed by atoms with E-state index < -0.39 is 0 Å². The number of nitrogens with zero attached hydrogens (tertiary/aromatic N) is 4. The highest BCUT2D eigenvalue weighted by molar-refractivity contribution is 7.15. The minimum absolute atomic E-state index is 0.266. The lowest BCUT2D eigenvalue weighted by Crippen LogP contribution is -2.23. The first-order valence-corrected chi connectivity index (χ1v) is 8.64. The average molecular weight is 363 g/mol. The molecule has 0 unspecified atom stereocenters. The monoisotopic (exact) mass is 363 g/mol. The molecule has 1 N–H and O–H groups in total. The summed E-state index contributed by atoms with van der Waals surface area (Å²) < 4.78 is 5.36. The van der Waals surface area contributed by atoms with Crippen molar-refractivity contribution in [3.63, 3.8) is 0 Å². The van der Waals surface area contributed by atoms with Gasteiger partial charge in [-0.2, -0.15) is 4.98 Å². The fourth-order valence-electron chi connectivity index (χ4n) is 2.29. The summed E-state index contributed by atoms with van der Waals surface area (Å²) in [5, 5.41) is 6.83. The Hall–Kier alpha value is -3.39. The van der Waals surface area contributed by atoms with Crippen LogP contribution in [0.3, 0.4) is 0 Å². The van der Waals surface area contributed by atoms with Crippen LogP contribution in [0, 0.1) is 0 Å². The summed E-state index contributed by atoms with van der Waals surface area (Å²) in [6.07, 6.45) is 4.44. The molecule has 0 aliphatic heterocycles. The highest BCUT2D eigenvalue weighted by Crippen LogP contribution is 2.28.